The molecule has 0 amide bonds. The standard InChI is InChI=1S/C18H14O2/c19-18(20)11-13-6-7-17-12-16(9-8-15(17)10-13)14-4-2-1-3-5-14/h1-10,12H,11H2,(H,19,20). The second-order valence-corrected chi connectivity index (χ2v) is 4.83. The second-order valence-electron chi connectivity index (χ2n) is 4.83. The summed E-state index contributed by atoms with van der Waals surface area (Å²) in [6, 6.07) is 22.3. The van der Waals surface area contributed by atoms with E-state index in [-0.39, 0.29) is 6.42 Å². The summed E-state index contributed by atoms with van der Waals surface area (Å²) in [6.45, 7) is 0. The van der Waals surface area contributed by atoms with E-state index >= 15 is 0 Å². The van der Waals surface area contributed by atoms with Gasteiger partial charge in [0.25, 0.3) is 0 Å². The zero-order chi connectivity index (χ0) is 13.9. The molecule has 3 rings (SSSR count). The normalized spacial score (nSPS) is 10.6. The zero-order valence-electron chi connectivity index (χ0n) is 10.9. The Bertz CT molecular complexity index is 761. The predicted octanol–water partition coefficient (Wildman–Crippen LogP) is 4.13. The minimum atomic E-state index is -0.801. The third-order valence-corrected chi connectivity index (χ3v) is 3.37. The molecule has 98 valence electrons. The summed E-state index contributed by atoms with van der Waals surface area (Å²) in [7, 11) is 0. The van der Waals surface area contributed by atoms with Gasteiger partial charge in [-0.05, 0) is 33.5 Å². The molecule has 0 fully saturated rings. The van der Waals surface area contributed by atoms with Crippen molar-refractivity contribution in [2.75, 3.05) is 0 Å². The molecule has 0 aliphatic rings. The summed E-state index contributed by atoms with van der Waals surface area (Å²) in [4.78, 5) is 10.7. The molecule has 0 radical (unpaired) electrons. The van der Waals surface area contributed by atoms with Crippen LogP contribution in [-0.2, 0) is 11.2 Å². The first-order valence-corrected chi connectivity index (χ1v) is 6.52. The maximum atomic E-state index is 10.7. The maximum absolute atomic E-state index is 10.7. The molecule has 0 unspecified atom stereocenters. The number of carbonyl (C=O) groups is 1. The molecule has 2 heteroatoms. The molecule has 0 aliphatic carbocycles. The Balaban J connectivity index is 2.03. The molecule has 0 saturated heterocycles. The van der Waals surface area contributed by atoms with Crippen LogP contribution in [0.1, 0.15) is 5.56 Å². The highest BCUT2D eigenvalue weighted by Crippen LogP contribution is 2.25. The smallest absolute Gasteiger partial charge is 0.307 e. The minimum Gasteiger partial charge on any atom is -0.481 e. The summed E-state index contributed by atoms with van der Waals surface area (Å²) in [5.74, 6) is -0.801. The van der Waals surface area contributed by atoms with Crippen molar-refractivity contribution in [3.63, 3.8) is 0 Å². The summed E-state index contributed by atoms with van der Waals surface area (Å²) in [5.41, 5.74) is 3.19. The lowest BCUT2D eigenvalue weighted by atomic mass is 9.99. The molecule has 3 aromatic rings. The average molecular weight is 262 g/mol. The fourth-order valence-electron chi connectivity index (χ4n) is 2.39. The van der Waals surface area contributed by atoms with Gasteiger partial charge < -0.3 is 5.11 Å². The molecule has 0 bridgehead atoms. The van der Waals surface area contributed by atoms with Crippen LogP contribution in [0, 0.1) is 0 Å². The molecule has 0 spiro atoms. The van der Waals surface area contributed by atoms with Crippen molar-refractivity contribution in [3.8, 4) is 11.1 Å². The van der Waals surface area contributed by atoms with Crippen LogP contribution in [0.2, 0.25) is 0 Å². The van der Waals surface area contributed by atoms with E-state index in [0.29, 0.717) is 0 Å². The maximum Gasteiger partial charge on any atom is 0.307 e. The summed E-state index contributed by atoms with van der Waals surface area (Å²) in [5, 5.41) is 11.0. The highest BCUT2D eigenvalue weighted by molar-refractivity contribution is 5.88. The van der Waals surface area contributed by atoms with Crippen molar-refractivity contribution in [2.24, 2.45) is 0 Å². The third-order valence-electron chi connectivity index (χ3n) is 3.37. The number of carboxylic acid groups (broad SMARTS) is 1. The van der Waals surface area contributed by atoms with Crippen molar-refractivity contribution in [1.82, 2.24) is 0 Å². The fourth-order valence-corrected chi connectivity index (χ4v) is 2.39. The highest BCUT2D eigenvalue weighted by atomic mass is 16.4. The first-order valence-electron chi connectivity index (χ1n) is 6.52. The number of fused-ring (bicyclic) bond motifs is 1. The van der Waals surface area contributed by atoms with Gasteiger partial charge in [0, 0.05) is 0 Å². The van der Waals surface area contributed by atoms with Crippen LogP contribution in [0.3, 0.4) is 0 Å². The Labute approximate surface area is 117 Å². The van der Waals surface area contributed by atoms with E-state index in [1.807, 2.05) is 42.5 Å². The summed E-state index contributed by atoms with van der Waals surface area (Å²) in [6.07, 6.45) is 0.0658. The quantitative estimate of drug-likeness (QED) is 0.770. The molecule has 0 aromatic heterocycles. The molecule has 0 aliphatic heterocycles. The number of hydrogen-bond donors (Lipinski definition) is 1. The first-order chi connectivity index (χ1) is 9.72. The van der Waals surface area contributed by atoms with Gasteiger partial charge in [-0.25, -0.2) is 0 Å². The topological polar surface area (TPSA) is 37.3 Å². The molecule has 3 aromatic carbocycles. The van der Waals surface area contributed by atoms with Gasteiger partial charge in [-0.1, -0.05) is 60.7 Å². The largest absolute Gasteiger partial charge is 0.481 e. The SMILES string of the molecule is O=C(O)Cc1ccc2cc(-c3ccccc3)ccc2c1. The molecular weight excluding hydrogens is 248 g/mol. The van der Waals surface area contributed by atoms with E-state index in [2.05, 4.69) is 24.3 Å². The highest BCUT2D eigenvalue weighted by Gasteiger charge is 2.03. The summed E-state index contributed by atoms with van der Waals surface area (Å²) < 4.78 is 0. The lowest BCUT2D eigenvalue weighted by Gasteiger charge is -2.05. The van der Waals surface area contributed by atoms with Crippen LogP contribution in [0.25, 0.3) is 21.9 Å². The van der Waals surface area contributed by atoms with Crippen molar-refractivity contribution in [2.45, 2.75) is 6.42 Å². The Morgan fingerprint density at radius 2 is 1.50 bits per heavy atom. The predicted molar refractivity (Wildman–Crippen MR) is 80.7 cm³/mol. The van der Waals surface area contributed by atoms with Gasteiger partial charge in [0.2, 0.25) is 0 Å². The van der Waals surface area contributed by atoms with Gasteiger partial charge in [-0.15, -0.1) is 0 Å². The Hall–Kier alpha value is -2.61. The van der Waals surface area contributed by atoms with E-state index in [0.717, 1.165) is 16.3 Å². The minimum absolute atomic E-state index is 0.0658. The third kappa shape index (κ3) is 2.54. The van der Waals surface area contributed by atoms with Gasteiger partial charge in [-0.3, -0.25) is 4.79 Å². The van der Waals surface area contributed by atoms with Gasteiger partial charge >= 0.3 is 5.97 Å². The van der Waals surface area contributed by atoms with Crippen LogP contribution in [0.15, 0.2) is 66.7 Å². The van der Waals surface area contributed by atoms with E-state index in [1.165, 1.54) is 11.1 Å². The molecule has 1 N–H and O–H groups in total. The number of rotatable bonds is 3. The Morgan fingerprint density at radius 1 is 0.800 bits per heavy atom. The lowest BCUT2D eigenvalue weighted by Crippen LogP contribution is -1.99. The van der Waals surface area contributed by atoms with Crippen LogP contribution < -0.4 is 0 Å². The zero-order valence-corrected chi connectivity index (χ0v) is 10.9. The van der Waals surface area contributed by atoms with Gasteiger partial charge in [0.15, 0.2) is 0 Å². The number of benzene rings is 3. The molecule has 20 heavy (non-hydrogen) atoms. The van der Waals surface area contributed by atoms with Crippen LogP contribution in [0.4, 0.5) is 0 Å². The first kappa shape index (κ1) is 12.4. The van der Waals surface area contributed by atoms with E-state index in [9.17, 15) is 4.79 Å². The van der Waals surface area contributed by atoms with E-state index in [1.54, 1.807) is 0 Å². The van der Waals surface area contributed by atoms with E-state index in [4.69, 9.17) is 5.11 Å². The molecule has 0 heterocycles. The van der Waals surface area contributed by atoms with Crippen molar-refractivity contribution in [3.05, 3.63) is 72.3 Å². The van der Waals surface area contributed by atoms with Crippen LogP contribution in [-0.4, -0.2) is 11.1 Å². The fraction of sp³-hybridized carbons (Fsp3) is 0.0556. The van der Waals surface area contributed by atoms with Crippen molar-refractivity contribution >= 4 is 16.7 Å². The van der Waals surface area contributed by atoms with E-state index < -0.39 is 5.97 Å². The Kier molecular flexibility index (Phi) is 3.21. The van der Waals surface area contributed by atoms with Gasteiger partial charge in [0.1, 0.15) is 0 Å². The second kappa shape index (κ2) is 5.17. The monoisotopic (exact) mass is 262 g/mol. The number of hydrogen-bond acceptors (Lipinski definition) is 1. The van der Waals surface area contributed by atoms with Gasteiger partial charge in [0.05, 0.1) is 6.42 Å². The molecule has 0 atom stereocenters. The molecular formula is C18H14O2. The number of aliphatic carboxylic acids is 1. The van der Waals surface area contributed by atoms with Crippen molar-refractivity contribution in [1.29, 1.82) is 0 Å². The molecule has 0 saturated carbocycles. The Morgan fingerprint density at radius 3 is 2.25 bits per heavy atom. The van der Waals surface area contributed by atoms with Crippen LogP contribution >= 0.6 is 0 Å². The average Bonchev–Trinajstić information content (AvgIpc) is 2.47. The van der Waals surface area contributed by atoms with Crippen molar-refractivity contribution < 1.29 is 9.90 Å². The van der Waals surface area contributed by atoms with Crippen LogP contribution in [0.5, 0.6) is 0 Å². The lowest BCUT2D eigenvalue weighted by molar-refractivity contribution is -0.136. The molecule has 2 nitrogen and oxygen atoms in total. The number of carboxylic acids is 1. The van der Waals surface area contributed by atoms with Gasteiger partial charge in [-0.2, -0.15) is 0 Å². The summed E-state index contributed by atoms with van der Waals surface area (Å²) >= 11 is 0.